The number of piperazine rings is 1. The van der Waals surface area contributed by atoms with Gasteiger partial charge in [-0.15, -0.1) is 0 Å². The average molecular weight is 250 g/mol. The third-order valence-corrected chi connectivity index (χ3v) is 5.64. The Morgan fingerprint density at radius 1 is 1.28 bits per heavy atom. The second kappa shape index (κ2) is 5.13. The van der Waals surface area contributed by atoms with Crippen molar-refractivity contribution in [2.75, 3.05) is 13.1 Å². The Hall–Kier alpha value is -0.0800. The van der Waals surface area contributed by atoms with E-state index in [-0.39, 0.29) is 0 Å². The van der Waals surface area contributed by atoms with Crippen molar-refractivity contribution in [3.05, 3.63) is 0 Å². The van der Waals surface area contributed by atoms with Gasteiger partial charge in [0, 0.05) is 30.7 Å². The molecule has 0 aromatic carbocycles. The van der Waals surface area contributed by atoms with Crippen molar-refractivity contribution in [3.8, 4) is 0 Å². The first kappa shape index (κ1) is 12.9. The van der Waals surface area contributed by atoms with E-state index in [0.717, 1.165) is 18.0 Å². The lowest BCUT2D eigenvalue weighted by atomic mass is 9.90. The van der Waals surface area contributed by atoms with Crippen molar-refractivity contribution in [1.82, 2.24) is 10.2 Å². The highest BCUT2D eigenvalue weighted by molar-refractivity contribution is 5.02. The molecule has 1 saturated heterocycles. The van der Waals surface area contributed by atoms with Gasteiger partial charge in [-0.05, 0) is 38.5 Å². The van der Waals surface area contributed by atoms with Gasteiger partial charge in [-0.1, -0.05) is 32.6 Å². The quantitative estimate of drug-likeness (QED) is 0.824. The van der Waals surface area contributed by atoms with Gasteiger partial charge < -0.3 is 5.32 Å². The van der Waals surface area contributed by atoms with Crippen LogP contribution in [0.2, 0.25) is 0 Å². The van der Waals surface area contributed by atoms with Crippen LogP contribution in [0.3, 0.4) is 0 Å². The standard InChI is InChI=1S/C16H30N2/c1-3-15-11-17-16(8-4-5-9-16)12-18(15)13(2)10-14-6-7-14/h13-15,17H,3-12H2,1-2H3. The predicted octanol–water partition coefficient (Wildman–Crippen LogP) is 3.17. The first-order valence-corrected chi connectivity index (χ1v) is 8.23. The summed E-state index contributed by atoms with van der Waals surface area (Å²) in [6.45, 7) is 7.38. The molecule has 0 bridgehead atoms. The Bertz CT molecular complexity index is 279. The molecule has 3 aliphatic rings. The third kappa shape index (κ3) is 2.60. The Balaban J connectivity index is 1.66. The van der Waals surface area contributed by atoms with E-state index in [0.29, 0.717) is 5.54 Å². The summed E-state index contributed by atoms with van der Waals surface area (Å²) in [4.78, 5) is 2.86. The molecule has 0 radical (unpaired) electrons. The summed E-state index contributed by atoms with van der Waals surface area (Å²) >= 11 is 0. The normalized spacial score (nSPS) is 34.0. The van der Waals surface area contributed by atoms with Crippen molar-refractivity contribution in [3.63, 3.8) is 0 Å². The lowest BCUT2D eigenvalue weighted by molar-refractivity contribution is 0.0418. The van der Waals surface area contributed by atoms with Crippen molar-refractivity contribution in [2.45, 2.75) is 82.8 Å². The maximum atomic E-state index is 3.91. The van der Waals surface area contributed by atoms with Crippen LogP contribution in [-0.2, 0) is 0 Å². The number of hydrogen-bond acceptors (Lipinski definition) is 2. The Kier molecular flexibility index (Phi) is 3.68. The van der Waals surface area contributed by atoms with Crippen molar-refractivity contribution >= 4 is 0 Å². The maximum Gasteiger partial charge on any atom is 0.0309 e. The fourth-order valence-electron chi connectivity index (χ4n) is 4.24. The topological polar surface area (TPSA) is 15.3 Å². The van der Waals surface area contributed by atoms with Crippen LogP contribution in [0.1, 0.15) is 65.2 Å². The molecule has 2 atom stereocenters. The molecule has 2 heteroatoms. The summed E-state index contributed by atoms with van der Waals surface area (Å²) in [5, 5.41) is 3.91. The van der Waals surface area contributed by atoms with Crippen LogP contribution in [0.4, 0.5) is 0 Å². The number of nitrogens with one attached hydrogen (secondary N) is 1. The summed E-state index contributed by atoms with van der Waals surface area (Å²) in [6, 6.07) is 1.59. The molecular formula is C16H30N2. The minimum absolute atomic E-state index is 0.490. The molecule has 1 aliphatic heterocycles. The SMILES string of the molecule is CCC1CNC2(CCCC2)CN1C(C)CC1CC1. The minimum Gasteiger partial charge on any atom is -0.308 e. The van der Waals surface area contributed by atoms with Crippen LogP contribution in [0.25, 0.3) is 0 Å². The zero-order valence-corrected chi connectivity index (χ0v) is 12.3. The van der Waals surface area contributed by atoms with E-state index in [4.69, 9.17) is 0 Å². The molecule has 0 amide bonds. The number of nitrogens with zero attached hydrogens (tertiary/aromatic N) is 1. The second-order valence-electron chi connectivity index (χ2n) is 7.13. The Morgan fingerprint density at radius 3 is 2.61 bits per heavy atom. The van der Waals surface area contributed by atoms with Crippen LogP contribution >= 0.6 is 0 Å². The lowest BCUT2D eigenvalue weighted by Crippen LogP contribution is -2.64. The largest absolute Gasteiger partial charge is 0.308 e. The molecule has 3 rings (SSSR count). The average Bonchev–Trinajstić information content (AvgIpc) is 3.08. The molecule has 2 aliphatic carbocycles. The molecule has 0 aromatic rings. The molecule has 0 aromatic heterocycles. The molecule has 18 heavy (non-hydrogen) atoms. The van der Waals surface area contributed by atoms with Gasteiger partial charge in [-0.3, -0.25) is 4.90 Å². The van der Waals surface area contributed by atoms with Crippen LogP contribution < -0.4 is 5.32 Å². The summed E-state index contributed by atoms with van der Waals surface area (Å²) < 4.78 is 0. The second-order valence-corrected chi connectivity index (χ2v) is 7.13. The van der Waals surface area contributed by atoms with Crippen molar-refractivity contribution in [1.29, 1.82) is 0 Å². The zero-order chi connectivity index (χ0) is 12.6. The van der Waals surface area contributed by atoms with Crippen molar-refractivity contribution < 1.29 is 0 Å². The van der Waals surface area contributed by atoms with Crippen LogP contribution in [-0.4, -0.2) is 35.6 Å². The summed E-state index contributed by atoms with van der Waals surface area (Å²) in [7, 11) is 0. The number of hydrogen-bond donors (Lipinski definition) is 1. The summed E-state index contributed by atoms with van der Waals surface area (Å²) in [6.07, 6.45) is 11.5. The van der Waals surface area contributed by atoms with Gasteiger partial charge in [0.1, 0.15) is 0 Å². The molecule has 1 N–H and O–H groups in total. The van der Waals surface area contributed by atoms with Gasteiger partial charge in [0.25, 0.3) is 0 Å². The van der Waals surface area contributed by atoms with Gasteiger partial charge in [-0.25, -0.2) is 0 Å². The lowest BCUT2D eigenvalue weighted by Gasteiger charge is -2.49. The molecule has 2 unspecified atom stereocenters. The first-order chi connectivity index (χ1) is 8.72. The first-order valence-electron chi connectivity index (χ1n) is 8.23. The van der Waals surface area contributed by atoms with Gasteiger partial charge in [0.05, 0.1) is 0 Å². The van der Waals surface area contributed by atoms with E-state index in [9.17, 15) is 0 Å². The summed E-state index contributed by atoms with van der Waals surface area (Å²) in [5.74, 6) is 1.06. The van der Waals surface area contributed by atoms with E-state index in [1.807, 2.05) is 0 Å². The number of rotatable bonds is 4. The molecule has 2 saturated carbocycles. The smallest absolute Gasteiger partial charge is 0.0309 e. The Morgan fingerprint density at radius 2 is 2.00 bits per heavy atom. The fourth-order valence-corrected chi connectivity index (χ4v) is 4.24. The van der Waals surface area contributed by atoms with Crippen molar-refractivity contribution in [2.24, 2.45) is 5.92 Å². The summed E-state index contributed by atoms with van der Waals surface area (Å²) in [5.41, 5.74) is 0.490. The minimum atomic E-state index is 0.490. The molecular weight excluding hydrogens is 220 g/mol. The van der Waals surface area contributed by atoms with Crippen LogP contribution in [0.5, 0.6) is 0 Å². The van der Waals surface area contributed by atoms with Gasteiger partial charge in [0.2, 0.25) is 0 Å². The van der Waals surface area contributed by atoms with E-state index < -0.39 is 0 Å². The van der Waals surface area contributed by atoms with E-state index >= 15 is 0 Å². The Labute approximate surface area is 113 Å². The van der Waals surface area contributed by atoms with Crippen LogP contribution in [0, 0.1) is 5.92 Å². The molecule has 2 nitrogen and oxygen atoms in total. The highest BCUT2D eigenvalue weighted by Gasteiger charge is 2.42. The maximum absolute atomic E-state index is 3.91. The predicted molar refractivity (Wildman–Crippen MR) is 76.8 cm³/mol. The molecule has 1 spiro atoms. The van der Waals surface area contributed by atoms with E-state index in [2.05, 4.69) is 24.1 Å². The molecule has 1 heterocycles. The molecule has 104 valence electrons. The third-order valence-electron chi connectivity index (χ3n) is 5.64. The van der Waals surface area contributed by atoms with E-state index in [1.165, 1.54) is 64.5 Å². The van der Waals surface area contributed by atoms with Crippen LogP contribution in [0.15, 0.2) is 0 Å². The molecule has 3 fully saturated rings. The highest BCUT2D eigenvalue weighted by atomic mass is 15.3. The van der Waals surface area contributed by atoms with Gasteiger partial charge in [0.15, 0.2) is 0 Å². The van der Waals surface area contributed by atoms with E-state index in [1.54, 1.807) is 0 Å². The zero-order valence-electron chi connectivity index (χ0n) is 12.3. The monoisotopic (exact) mass is 250 g/mol. The van der Waals surface area contributed by atoms with Gasteiger partial charge >= 0.3 is 0 Å². The van der Waals surface area contributed by atoms with Gasteiger partial charge in [-0.2, -0.15) is 0 Å². The highest BCUT2D eigenvalue weighted by Crippen LogP contribution is 2.38. The fraction of sp³-hybridized carbons (Fsp3) is 1.00.